The number of fused-ring (bicyclic) bond motifs is 1. The lowest BCUT2D eigenvalue weighted by molar-refractivity contribution is -0.148. The largest absolute Gasteiger partial charge is 0.338 e. The third kappa shape index (κ3) is 2.48. The Hall–Kier alpha value is -1.87. The van der Waals surface area contributed by atoms with Crippen LogP contribution in [-0.2, 0) is 11.3 Å². The monoisotopic (exact) mass is 334 g/mol. The molecule has 3 aliphatic rings. The van der Waals surface area contributed by atoms with E-state index in [1.807, 2.05) is 0 Å². The maximum Gasteiger partial charge on any atom is 0.243 e. The topological polar surface area (TPSA) is 23.6 Å². The third-order valence-electron chi connectivity index (χ3n) is 6.50. The van der Waals surface area contributed by atoms with Crippen molar-refractivity contribution in [1.82, 2.24) is 9.80 Å². The second kappa shape index (κ2) is 5.84. The number of carbonyl (C=O) groups is 1. The van der Waals surface area contributed by atoms with E-state index in [1.54, 1.807) is 0 Å². The molecule has 1 spiro atoms. The first kappa shape index (κ1) is 15.4. The van der Waals surface area contributed by atoms with Crippen molar-refractivity contribution in [2.24, 2.45) is 0 Å². The van der Waals surface area contributed by atoms with Crippen molar-refractivity contribution in [3.63, 3.8) is 0 Å². The summed E-state index contributed by atoms with van der Waals surface area (Å²) < 4.78 is 0. The van der Waals surface area contributed by atoms with Gasteiger partial charge in [-0.1, -0.05) is 42.5 Å². The Kier molecular flexibility index (Phi) is 3.60. The fraction of sp³-hybridized carbons (Fsp3) is 0.500. The van der Waals surface area contributed by atoms with E-state index in [2.05, 4.69) is 52.3 Å². The van der Waals surface area contributed by atoms with Gasteiger partial charge in [-0.3, -0.25) is 9.69 Å². The molecule has 2 aromatic carbocycles. The number of benzene rings is 2. The SMILES string of the molecule is O=C1N(C2CC2)CCCC12CCCN2Cc1cccc2ccccc12. The van der Waals surface area contributed by atoms with Gasteiger partial charge in [-0.15, -0.1) is 0 Å². The van der Waals surface area contributed by atoms with E-state index >= 15 is 0 Å². The second-order valence-corrected chi connectivity index (χ2v) is 8.03. The number of amides is 1. The Morgan fingerprint density at radius 1 is 0.960 bits per heavy atom. The van der Waals surface area contributed by atoms with Crippen molar-refractivity contribution < 1.29 is 4.79 Å². The molecule has 1 unspecified atom stereocenters. The second-order valence-electron chi connectivity index (χ2n) is 8.03. The molecule has 2 aromatic rings. The highest BCUT2D eigenvalue weighted by Gasteiger charge is 2.52. The van der Waals surface area contributed by atoms with E-state index in [1.165, 1.54) is 29.2 Å². The molecule has 25 heavy (non-hydrogen) atoms. The van der Waals surface area contributed by atoms with Gasteiger partial charge in [0.05, 0.1) is 0 Å². The molecule has 130 valence electrons. The summed E-state index contributed by atoms with van der Waals surface area (Å²) >= 11 is 0. The van der Waals surface area contributed by atoms with E-state index in [0.717, 1.165) is 45.3 Å². The van der Waals surface area contributed by atoms with Crippen molar-refractivity contribution in [1.29, 1.82) is 0 Å². The maximum absolute atomic E-state index is 13.4. The zero-order valence-electron chi connectivity index (χ0n) is 14.8. The van der Waals surface area contributed by atoms with Crippen LogP contribution >= 0.6 is 0 Å². The summed E-state index contributed by atoms with van der Waals surface area (Å²) in [5, 5.41) is 2.62. The van der Waals surface area contributed by atoms with Gasteiger partial charge in [-0.25, -0.2) is 0 Å². The highest BCUT2D eigenvalue weighted by molar-refractivity contribution is 5.89. The van der Waals surface area contributed by atoms with E-state index in [9.17, 15) is 4.79 Å². The number of hydrogen-bond donors (Lipinski definition) is 0. The molecule has 0 aromatic heterocycles. The smallest absolute Gasteiger partial charge is 0.243 e. The fourth-order valence-corrected chi connectivity index (χ4v) is 5.08. The summed E-state index contributed by atoms with van der Waals surface area (Å²) in [6, 6.07) is 15.7. The Bertz CT molecular complexity index is 807. The highest BCUT2D eigenvalue weighted by atomic mass is 16.2. The minimum absolute atomic E-state index is 0.224. The van der Waals surface area contributed by atoms with Crippen molar-refractivity contribution in [2.45, 2.75) is 56.7 Å². The van der Waals surface area contributed by atoms with E-state index in [0.29, 0.717) is 11.9 Å². The van der Waals surface area contributed by atoms with Crippen LogP contribution in [0.25, 0.3) is 10.8 Å². The van der Waals surface area contributed by atoms with Crippen LogP contribution in [0.1, 0.15) is 44.1 Å². The van der Waals surface area contributed by atoms with Gasteiger partial charge in [-0.2, -0.15) is 0 Å². The molecule has 1 atom stereocenters. The molecule has 2 heterocycles. The number of rotatable bonds is 3. The first-order chi connectivity index (χ1) is 12.3. The van der Waals surface area contributed by atoms with Crippen LogP contribution in [0.5, 0.6) is 0 Å². The molecule has 5 rings (SSSR count). The van der Waals surface area contributed by atoms with Gasteiger partial charge in [0.1, 0.15) is 5.54 Å². The van der Waals surface area contributed by atoms with Gasteiger partial charge in [0.2, 0.25) is 5.91 Å². The first-order valence-electron chi connectivity index (χ1n) is 9.81. The predicted octanol–water partition coefficient (Wildman–Crippen LogP) is 3.96. The van der Waals surface area contributed by atoms with Gasteiger partial charge in [0.15, 0.2) is 0 Å². The third-order valence-corrected chi connectivity index (χ3v) is 6.50. The Morgan fingerprint density at radius 2 is 1.72 bits per heavy atom. The lowest BCUT2D eigenvalue weighted by Crippen LogP contribution is -2.60. The lowest BCUT2D eigenvalue weighted by atomic mass is 9.85. The first-order valence-corrected chi connectivity index (χ1v) is 9.81. The van der Waals surface area contributed by atoms with Gasteiger partial charge in [-0.05, 0) is 61.4 Å². The number of piperidine rings is 1. The normalized spacial score (nSPS) is 27.5. The molecular weight excluding hydrogens is 308 g/mol. The number of likely N-dealkylation sites (tertiary alicyclic amines) is 2. The zero-order chi connectivity index (χ0) is 16.9. The number of hydrogen-bond acceptors (Lipinski definition) is 2. The molecule has 2 aliphatic heterocycles. The molecule has 0 radical (unpaired) electrons. The van der Waals surface area contributed by atoms with Gasteiger partial charge in [0.25, 0.3) is 0 Å². The van der Waals surface area contributed by atoms with Crippen LogP contribution < -0.4 is 0 Å². The molecule has 1 saturated carbocycles. The molecule has 2 saturated heterocycles. The van der Waals surface area contributed by atoms with Crippen LogP contribution in [-0.4, -0.2) is 40.4 Å². The minimum Gasteiger partial charge on any atom is -0.338 e. The van der Waals surface area contributed by atoms with Crippen molar-refractivity contribution >= 4 is 16.7 Å². The van der Waals surface area contributed by atoms with Gasteiger partial charge < -0.3 is 4.90 Å². The molecular formula is C22H26N2O. The van der Waals surface area contributed by atoms with Crippen LogP contribution in [0.15, 0.2) is 42.5 Å². The number of carbonyl (C=O) groups excluding carboxylic acids is 1. The van der Waals surface area contributed by atoms with E-state index in [-0.39, 0.29) is 5.54 Å². The van der Waals surface area contributed by atoms with Crippen molar-refractivity contribution in [3.05, 3.63) is 48.0 Å². The van der Waals surface area contributed by atoms with E-state index in [4.69, 9.17) is 0 Å². The van der Waals surface area contributed by atoms with Crippen molar-refractivity contribution in [3.8, 4) is 0 Å². The van der Waals surface area contributed by atoms with Crippen LogP contribution in [0.4, 0.5) is 0 Å². The van der Waals surface area contributed by atoms with Gasteiger partial charge >= 0.3 is 0 Å². The average Bonchev–Trinajstić information content (AvgIpc) is 3.41. The number of nitrogens with zero attached hydrogens (tertiary/aromatic N) is 2. The summed E-state index contributed by atoms with van der Waals surface area (Å²) in [5.74, 6) is 0.430. The Morgan fingerprint density at radius 3 is 2.56 bits per heavy atom. The molecule has 1 amide bonds. The van der Waals surface area contributed by atoms with Crippen LogP contribution in [0, 0.1) is 0 Å². The highest BCUT2D eigenvalue weighted by Crippen LogP contribution is 2.42. The van der Waals surface area contributed by atoms with Crippen molar-refractivity contribution in [2.75, 3.05) is 13.1 Å². The summed E-state index contributed by atoms with van der Waals surface area (Å²) in [6.07, 6.45) is 6.82. The molecule has 0 N–H and O–H groups in total. The predicted molar refractivity (Wildman–Crippen MR) is 100 cm³/mol. The molecule has 0 bridgehead atoms. The summed E-state index contributed by atoms with van der Waals surface area (Å²) in [5.41, 5.74) is 1.13. The van der Waals surface area contributed by atoms with E-state index < -0.39 is 0 Å². The molecule has 3 fully saturated rings. The summed E-state index contributed by atoms with van der Waals surface area (Å²) in [7, 11) is 0. The minimum atomic E-state index is -0.224. The maximum atomic E-state index is 13.4. The summed E-state index contributed by atoms with van der Waals surface area (Å²) in [6.45, 7) is 2.92. The molecule has 1 aliphatic carbocycles. The fourth-order valence-electron chi connectivity index (χ4n) is 5.08. The zero-order valence-corrected chi connectivity index (χ0v) is 14.8. The van der Waals surface area contributed by atoms with Crippen LogP contribution in [0.3, 0.4) is 0 Å². The molecule has 3 nitrogen and oxygen atoms in total. The average molecular weight is 334 g/mol. The van der Waals surface area contributed by atoms with Crippen LogP contribution in [0.2, 0.25) is 0 Å². The molecule has 3 heteroatoms. The Balaban J connectivity index is 1.47. The summed E-state index contributed by atoms with van der Waals surface area (Å²) in [4.78, 5) is 18.1. The lowest BCUT2D eigenvalue weighted by Gasteiger charge is -2.45. The quantitative estimate of drug-likeness (QED) is 0.848. The standard InChI is InChI=1S/C22H26N2O/c25-21-22(13-5-15-24(21)19-10-11-19)12-4-14-23(22)16-18-8-3-7-17-6-1-2-9-20(17)18/h1-3,6-9,19H,4-5,10-16H2. The Labute approximate surface area is 149 Å². The van der Waals surface area contributed by atoms with Gasteiger partial charge in [0, 0.05) is 19.1 Å².